The third-order valence-corrected chi connectivity index (χ3v) is 3.57. The van der Waals surface area contributed by atoms with Crippen LogP contribution in [-0.4, -0.2) is 49.9 Å². The quantitative estimate of drug-likeness (QED) is 0.687. The maximum atomic E-state index is 13.0. The van der Waals surface area contributed by atoms with Crippen molar-refractivity contribution in [3.05, 3.63) is 54.6 Å². The van der Waals surface area contributed by atoms with Crippen LogP contribution >= 0.6 is 0 Å². The second kappa shape index (κ2) is 7.83. The van der Waals surface area contributed by atoms with E-state index in [-0.39, 0.29) is 5.69 Å². The molecule has 0 spiro atoms. The summed E-state index contributed by atoms with van der Waals surface area (Å²) in [5.41, 5.74) is 0.170. The monoisotopic (exact) mass is 363 g/mol. The Bertz CT molecular complexity index is 830. The van der Waals surface area contributed by atoms with E-state index in [9.17, 15) is 13.9 Å². The Balaban J connectivity index is 1.82. The van der Waals surface area contributed by atoms with E-state index < -0.39 is 18.6 Å². The summed E-state index contributed by atoms with van der Waals surface area (Å²) < 4.78 is 37.8. The predicted octanol–water partition coefficient (Wildman–Crippen LogP) is 2.08. The van der Waals surface area contributed by atoms with Crippen LogP contribution in [0, 0.1) is 0 Å². The molecule has 0 aliphatic carbocycles. The molecular formula is C16H15F2N5O3. The molecule has 0 radical (unpaired) electrons. The minimum absolute atomic E-state index is 0.170. The Morgan fingerprint density at radius 1 is 1.12 bits per heavy atom. The largest absolute Gasteiger partial charge is 0.497 e. The van der Waals surface area contributed by atoms with Crippen LogP contribution < -0.4 is 9.47 Å². The van der Waals surface area contributed by atoms with Crippen molar-refractivity contribution in [1.29, 1.82) is 0 Å². The van der Waals surface area contributed by atoms with Crippen LogP contribution in [0.15, 0.2) is 48.9 Å². The Morgan fingerprint density at radius 2 is 1.92 bits per heavy atom. The van der Waals surface area contributed by atoms with Gasteiger partial charge in [-0.2, -0.15) is 0 Å². The summed E-state index contributed by atoms with van der Waals surface area (Å²) in [5.74, 6) is 1.55. The first-order valence-corrected chi connectivity index (χ1v) is 7.55. The first kappa shape index (κ1) is 17.7. The zero-order valence-corrected chi connectivity index (χ0v) is 13.6. The number of halogens is 2. The van der Waals surface area contributed by atoms with Crippen LogP contribution in [-0.2, 0) is 0 Å². The summed E-state index contributed by atoms with van der Waals surface area (Å²) in [6, 6.07) is 8.76. The number of alkyl halides is 2. The Morgan fingerprint density at radius 3 is 2.54 bits per heavy atom. The average molecular weight is 363 g/mol. The molecule has 0 aliphatic heterocycles. The molecule has 10 heteroatoms. The van der Waals surface area contributed by atoms with Gasteiger partial charge in [0, 0.05) is 6.07 Å². The molecule has 0 aliphatic rings. The summed E-state index contributed by atoms with van der Waals surface area (Å²) in [7, 11) is 1.54. The number of tetrazole rings is 1. The van der Waals surface area contributed by atoms with E-state index in [0.717, 1.165) is 11.0 Å². The number of aliphatic hydroxyl groups excluding tert-OH is 1. The summed E-state index contributed by atoms with van der Waals surface area (Å²) in [6.07, 6.45) is -2.50. The SMILES string of the molecule is COc1cccc(Oc2ccc(C(C(O)C(F)F)n3cnnn3)nc2)c1. The second-order valence-electron chi connectivity index (χ2n) is 5.26. The lowest BCUT2D eigenvalue weighted by molar-refractivity contribution is -0.0292. The van der Waals surface area contributed by atoms with Gasteiger partial charge in [-0.15, -0.1) is 5.10 Å². The number of rotatable bonds is 7. The molecule has 26 heavy (non-hydrogen) atoms. The number of pyridine rings is 1. The number of aliphatic hydroxyl groups is 1. The third kappa shape index (κ3) is 3.91. The standard InChI is InChI=1S/C16H15F2N5O3/c1-25-10-3-2-4-11(7-10)26-12-5-6-13(19-8-12)14(15(24)16(17)18)23-9-20-21-22-23/h2-9,14-16,24H,1H3. The van der Waals surface area contributed by atoms with Crippen LogP contribution in [0.3, 0.4) is 0 Å². The third-order valence-electron chi connectivity index (χ3n) is 3.57. The molecule has 0 saturated heterocycles. The summed E-state index contributed by atoms with van der Waals surface area (Å²) >= 11 is 0. The fraction of sp³-hybridized carbons (Fsp3) is 0.250. The predicted molar refractivity (Wildman–Crippen MR) is 85.3 cm³/mol. The number of nitrogens with zero attached hydrogens (tertiary/aromatic N) is 5. The molecule has 0 fully saturated rings. The Hall–Kier alpha value is -3.14. The van der Waals surface area contributed by atoms with Gasteiger partial charge in [0.25, 0.3) is 6.43 Å². The average Bonchev–Trinajstić information content (AvgIpc) is 3.17. The van der Waals surface area contributed by atoms with Gasteiger partial charge >= 0.3 is 0 Å². The number of methoxy groups -OCH3 is 1. The van der Waals surface area contributed by atoms with Crippen molar-refractivity contribution in [3.63, 3.8) is 0 Å². The van der Waals surface area contributed by atoms with E-state index in [0.29, 0.717) is 17.2 Å². The number of hydrogen-bond donors (Lipinski definition) is 1. The van der Waals surface area contributed by atoms with Gasteiger partial charge in [-0.25, -0.2) is 13.5 Å². The highest BCUT2D eigenvalue weighted by Gasteiger charge is 2.32. The Kier molecular flexibility index (Phi) is 5.32. The van der Waals surface area contributed by atoms with Gasteiger partial charge in [-0.1, -0.05) is 6.07 Å². The minimum atomic E-state index is -2.99. The van der Waals surface area contributed by atoms with E-state index in [1.54, 1.807) is 37.4 Å². The maximum absolute atomic E-state index is 13.0. The summed E-state index contributed by atoms with van der Waals surface area (Å²) in [6.45, 7) is 0. The maximum Gasteiger partial charge on any atom is 0.266 e. The van der Waals surface area contributed by atoms with Gasteiger partial charge in [0.05, 0.1) is 19.0 Å². The molecule has 3 rings (SSSR count). The van der Waals surface area contributed by atoms with Crippen LogP contribution in [0.25, 0.3) is 0 Å². The van der Waals surface area contributed by atoms with E-state index in [2.05, 4.69) is 20.5 Å². The highest BCUT2D eigenvalue weighted by atomic mass is 19.3. The van der Waals surface area contributed by atoms with Gasteiger partial charge in [0.15, 0.2) is 0 Å². The molecule has 1 N–H and O–H groups in total. The lowest BCUT2D eigenvalue weighted by Crippen LogP contribution is -2.32. The number of hydrogen-bond acceptors (Lipinski definition) is 7. The van der Waals surface area contributed by atoms with Crippen molar-refractivity contribution in [2.75, 3.05) is 7.11 Å². The molecule has 2 unspecified atom stereocenters. The fourth-order valence-corrected chi connectivity index (χ4v) is 2.33. The van der Waals surface area contributed by atoms with E-state index in [4.69, 9.17) is 9.47 Å². The van der Waals surface area contributed by atoms with Crippen molar-refractivity contribution in [1.82, 2.24) is 25.2 Å². The van der Waals surface area contributed by atoms with Gasteiger partial charge in [0.2, 0.25) is 0 Å². The molecule has 2 heterocycles. The smallest absolute Gasteiger partial charge is 0.266 e. The minimum Gasteiger partial charge on any atom is -0.497 e. The first-order valence-electron chi connectivity index (χ1n) is 7.55. The van der Waals surface area contributed by atoms with Crippen molar-refractivity contribution < 1.29 is 23.4 Å². The number of benzene rings is 1. The molecule has 136 valence electrons. The van der Waals surface area contributed by atoms with Gasteiger partial charge < -0.3 is 14.6 Å². The van der Waals surface area contributed by atoms with Gasteiger partial charge in [-0.3, -0.25) is 4.98 Å². The normalized spacial score (nSPS) is 13.4. The van der Waals surface area contributed by atoms with Crippen LogP contribution in [0.2, 0.25) is 0 Å². The lowest BCUT2D eigenvalue weighted by atomic mass is 10.1. The number of aromatic nitrogens is 5. The van der Waals surface area contributed by atoms with Crippen molar-refractivity contribution in [2.45, 2.75) is 18.6 Å². The second-order valence-corrected chi connectivity index (χ2v) is 5.26. The molecule has 2 aromatic heterocycles. The molecule has 1 aromatic carbocycles. The van der Waals surface area contributed by atoms with Crippen molar-refractivity contribution >= 4 is 0 Å². The van der Waals surface area contributed by atoms with Gasteiger partial charge in [-0.05, 0) is 34.7 Å². The van der Waals surface area contributed by atoms with Crippen molar-refractivity contribution in [2.24, 2.45) is 0 Å². The van der Waals surface area contributed by atoms with Crippen LogP contribution in [0.1, 0.15) is 11.7 Å². The molecule has 3 aromatic rings. The van der Waals surface area contributed by atoms with Gasteiger partial charge in [0.1, 0.15) is 35.7 Å². The van der Waals surface area contributed by atoms with E-state index in [1.165, 1.54) is 12.3 Å². The highest BCUT2D eigenvalue weighted by molar-refractivity contribution is 5.36. The van der Waals surface area contributed by atoms with Crippen molar-refractivity contribution in [3.8, 4) is 17.2 Å². The molecule has 2 atom stereocenters. The Labute approximate surface area is 147 Å². The van der Waals surface area contributed by atoms with E-state index in [1.807, 2.05) is 0 Å². The number of ether oxygens (including phenoxy) is 2. The summed E-state index contributed by atoms with van der Waals surface area (Å²) in [4.78, 5) is 4.11. The summed E-state index contributed by atoms with van der Waals surface area (Å²) in [5, 5.41) is 20.2. The lowest BCUT2D eigenvalue weighted by Gasteiger charge is -2.21. The molecule has 0 amide bonds. The first-order chi connectivity index (χ1) is 12.6. The van der Waals surface area contributed by atoms with E-state index >= 15 is 0 Å². The molecular weight excluding hydrogens is 348 g/mol. The zero-order chi connectivity index (χ0) is 18.5. The van der Waals surface area contributed by atoms with Crippen LogP contribution in [0.4, 0.5) is 8.78 Å². The molecule has 8 nitrogen and oxygen atoms in total. The molecule has 0 saturated carbocycles. The highest BCUT2D eigenvalue weighted by Crippen LogP contribution is 2.27. The molecule has 0 bridgehead atoms. The zero-order valence-electron chi connectivity index (χ0n) is 13.6. The fourth-order valence-electron chi connectivity index (χ4n) is 2.33. The van der Waals surface area contributed by atoms with Crippen LogP contribution in [0.5, 0.6) is 17.2 Å². The topological polar surface area (TPSA) is 95.2 Å².